The van der Waals surface area contributed by atoms with Gasteiger partial charge in [-0.1, -0.05) is 35.9 Å². The van der Waals surface area contributed by atoms with Crippen LogP contribution in [-0.4, -0.2) is 44.9 Å². The van der Waals surface area contributed by atoms with Crippen molar-refractivity contribution in [2.45, 2.75) is 18.7 Å². The minimum atomic E-state index is -3.61. The molecule has 1 amide bonds. The van der Waals surface area contributed by atoms with E-state index in [4.69, 9.17) is 4.74 Å². The Hall–Kier alpha value is -2.48. The third-order valence-corrected chi connectivity index (χ3v) is 6.44. The first-order valence-electron chi connectivity index (χ1n) is 9.10. The van der Waals surface area contributed by atoms with Crippen LogP contribution in [0.15, 0.2) is 53.4 Å². The first-order valence-corrected chi connectivity index (χ1v) is 10.5. The van der Waals surface area contributed by atoms with Gasteiger partial charge in [-0.2, -0.15) is 4.31 Å². The number of anilines is 1. The van der Waals surface area contributed by atoms with Crippen LogP contribution >= 0.6 is 0 Å². The minimum Gasteiger partial charge on any atom is -0.379 e. The summed E-state index contributed by atoms with van der Waals surface area (Å²) in [4.78, 5) is 12.5. The number of sulfonamides is 1. The van der Waals surface area contributed by atoms with Gasteiger partial charge in [0.1, 0.15) is 0 Å². The topological polar surface area (TPSA) is 75.7 Å². The molecule has 1 N–H and O–H groups in total. The number of nitrogens with zero attached hydrogens (tertiary/aromatic N) is 1. The number of hydrogen-bond acceptors (Lipinski definition) is 4. The Morgan fingerprint density at radius 1 is 1.11 bits per heavy atom. The van der Waals surface area contributed by atoms with Crippen molar-refractivity contribution in [2.75, 3.05) is 31.6 Å². The van der Waals surface area contributed by atoms with E-state index in [2.05, 4.69) is 5.32 Å². The SMILES string of the molecule is Cc1cccc(/C=C/C(=O)Nc2cc(S(=O)(=O)N3CCOCC3)ccc2C)c1. The summed E-state index contributed by atoms with van der Waals surface area (Å²) in [7, 11) is -3.61. The van der Waals surface area contributed by atoms with Crippen molar-refractivity contribution < 1.29 is 17.9 Å². The molecule has 0 spiro atoms. The number of hydrogen-bond donors (Lipinski definition) is 1. The van der Waals surface area contributed by atoms with Gasteiger partial charge < -0.3 is 10.1 Å². The molecule has 6 nitrogen and oxygen atoms in total. The first-order chi connectivity index (χ1) is 13.4. The molecule has 1 aliphatic rings. The number of ether oxygens (including phenoxy) is 1. The smallest absolute Gasteiger partial charge is 0.248 e. The summed E-state index contributed by atoms with van der Waals surface area (Å²) in [6, 6.07) is 12.6. The highest BCUT2D eigenvalue weighted by atomic mass is 32.2. The standard InChI is InChI=1S/C21H24N2O4S/c1-16-4-3-5-18(14-16)7-9-21(24)22-20-15-19(8-6-17(20)2)28(25,26)23-10-12-27-13-11-23/h3-9,14-15H,10-13H2,1-2H3,(H,22,24)/b9-7+. The quantitative estimate of drug-likeness (QED) is 0.783. The maximum atomic E-state index is 12.8. The van der Waals surface area contributed by atoms with Crippen molar-refractivity contribution >= 4 is 27.7 Å². The van der Waals surface area contributed by atoms with Gasteiger partial charge in [-0.25, -0.2) is 8.42 Å². The van der Waals surface area contributed by atoms with Gasteiger partial charge in [-0.05, 0) is 43.2 Å². The molecular weight excluding hydrogens is 376 g/mol. The lowest BCUT2D eigenvalue weighted by atomic mass is 10.1. The number of rotatable bonds is 5. The summed E-state index contributed by atoms with van der Waals surface area (Å²) in [6.45, 7) is 5.25. The molecule has 0 radical (unpaired) electrons. The predicted molar refractivity (Wildman–Crippen MR) is 110 cm³/mol. The molecule has 1 heterocycles. The summed E-state index contributed by atoms with van der Waals surface area (Å²) in [5.41, 5.74) is 3.31. The van der Waals surface area contributed by atoms with Crippen LogP contribution < -0.4 is 5.32 Å². The van der Waals surface area contributed by atoms with Crippen LogP contribution in [0.3, 0.4) is 0 Å². The fourth-order valence-corrected chi connectivity index (χ4v) is 4.39. The Labute approximate surface area is 165 Å². The van der Waals surface area contributed by atoms with E-state index < -0.39 is 10.0 Å². The Kier molecular flexibility index (Phi) is 6.28. The Balaban J connectivity index is 1.77. The maximum Gasteiger partial charge on any atom is 0.248 e. The second-order valence-corrected chi connectivity index (χ2v) is 8.67. The van der Waals surface area contributed by atoms with E-state index in [9.17, 15) is 13.2 Å². The number of amides is 1. The molecule has 1 fully saturated rings. The van der Waals surface area contributed by atoms with Crippen molar-refractivity contribution in [2.24, 2.45) is 0 Å². The maximum absolute atomic E-state index is 12.8. The number of aryl methyl sites for hydroxylation is 2. The molecule has 2 aromatic rings. The zero-order valence-corrected chi connectivity index (χ0v) is 16.8. The van der Waals surface area contributed by atoms with Crippen molar-refractivity contribution in [1.82, 2.24) is 4.31 Å². The molecule has 3 rings (SSSR count). The molecule has 0 aromatic heterocycles. The van der Waals surface area contributed by atoms with Gasteiger partial charge in [-0.15, -0.1) is 0 Å². The molecule has 0 saturated carbocycles. The zero-order chi connectivity index (χ0) is 20.1. The highest BCUT2D eigenvalue weighted by Gasteiger charge is 2.26. The molecule has 148 valence electrons. The van der Waals surface area contributed by atoms with Gasteiger partial charge in [0.2, 0.25) is 15.9 Å². The molecule has 0 bridgehead atoms. The highest BCUT2D eigenvalue weighted by molar-refractivity contribution is 7.89. The van der Waals surface area contributed by atoms with E-state index in [0.29, 0.717) is 32.0 Å². The summed E-state index contributed by atoms with van der Waals surface area (Å²) in [5, 5.41) is 2.78. The lowest BCUT2D eigenvalue weighted by Crippen LogP contribution is -2.40. The molecule has 7 heteroatoms. The predicted octanol–water partition coefficient (Wildman–Crippen LogP) is 2.98. The zero-order valence-electron chi connectivity index (χ0n) is 16.0. The molecule has 28 heavy (non-hydrogen) atoms. The van der Waals surface area contributed by atoms with Gasteiger partial charge in [0.15, 0.2) is 0 Å². The van der Waals surface area contributed by atoms with E-state index in [1.54, 1.807) is 18.2 Å². The average Bonchev–Trinajstić information content (AvgIpc) is 2.69. The second kappa shape index (κ2) is 8.68. The van der Waals surface area contributed by atoms with E-state index in [0.717, 1.165) is 16.7 Å². The number of carbonyl (C=O) groups excluding carboxylic acids is 1. The second-order valence-electron chi connectivity index (χ2n) is 6.73. The fourth-order valence-electron chi connectivity index (χ4n) is 2.95. The molecular formula is C21H24N2O4S. The lowest BCUT2D eigenvalue weighted by molar-refractivity contribution is -0.111. The van der Waals surface area contributed by atoms with Crippen molar-refractivity contribution in [3.8, 4) is 0 Å². The van der Waals surface area contributed by atoms with Gasteiger partial charge in [0.25, 0.3) is 0 Å². The number of benzene rings is 2. The van der Waals surface area contributed by atoms with Crippen molar-refractivity contribution in [1.29, 1.82) is 0 Å². The fraction of sp³-hybridized carbons (Fsp3) is 0.286. The van der Waals surface area contributed by atoms with Crippen molar-refractivity contribution in [3.05, 3.63) is 65.2 Å². The third kappa shape index (κ3) is 4.86. The summed E-state index contributed by atoms with van der Waals surface area (Å²) >= 11 is 0. The largest absolute Gasteiger partial charge is 0.379 e. The minimum absolute atomic E-state index is 0.165. The monoisotopic (exact) mass is 400 g/mol. The van der Waals surface area contributed by atoms with Gasteiger partial charge >= 0.3 is 0 Å². The normalized spacial score (nSPS) is 15.6. The van der Waals surface area contributed by atoms with Crippen molar-refractivity contribution in [3.63, 3.8) is 0 Å². The number of nitrogens with one attached hydrogen (secondary N) is 1. The van der Waals surface area contributed by atoms with Gasteiger partial charge in [0, 0.05) is 24.9 Å². The van der Waals surface area contributed by atoms with E-state index in [1.807, 2.05) is 38.1 Å². The van der Waals surface area contributed by atoms with Gasteiger partial charge in [0.05, 0.1) is 18.1 Å². The number of carbonyl (C=O) groups is 1. The summed E-state index contributed by atoms with van der Waals surface area (Å²) < 4.78 is 32.3. The lowest BCUT2D eigenvalue weighted by Gasteiger charge is -2.26. The third-order valence-electron chi connectivity index (χ3n) is 4.54. The van der Waals surface area contributed by atoms with Crippen LogP contribution in [0, 0.1) is 13.8 Å². The van der Waals surface area contributed by atoms with E-state index in [-0.39, 0.29) is 10.8 Å². The first kappa shape index (κ1) is 20.3. The molecule has 0 atom stereocenters. The van der Waals surface area contributed by atoms with Crippen LogP contribution in [0.25, 0.3) is 6.08 Å². The van der Waals surface area contributed by atoms with Crippen LogP contribution in [0.4, 0.5) is 5.69 Å². The van der Waals surface area contributed by atoms with E-state index in [1.165, 1.54) is 16.4 Å². The molecule has 1 aliphatic heterocycles. The Morgan fingerprint density at radius 3 is 2.57 bits per heavy atom. The highest BCUT2D eigenvalue weighted by Crippen LogP contribution is 2.23. The summed E-state index contributed by atoms with van der Waals surface area (Å²) in [5.74, 6) is -0.314. The van der Waals surface area contributed by atoms with Crippen LogP contribution in [0.1, 0.15) is 16.7 Å². The molecule has 1 saturated heterocycles. The Bertz CT molecular complexity index is 993. The number of morpholine rings is 1. The van der Waals surface area contributed by atoms with E-state index >= 15 is 0 Å². The van der Waals surface area contributed by atoms with Crippen LogP contribution in [-0.2, 0) is 19.6 Å². The van der Waals surface area contributed by atoms with Gasteiger partial charge in [-0.3, -0.25) is 4.79 Å². The Morgan fingerprint density at radius 2 is 1.86 bits per heavy atom. The average molecular weight is 401 g/mol. The van der Waals surface area contributed by atoms with Crippen LogP contribution in [0.5, 0.6) is 0 Å². The molecule has 0 unspecified atom stereocenters. The molecule has 2 aromatic carbocycles. The van der Waals surface area contributed by atoms with Crippen LogP contribution in [0.2, 0.25) is 0 Å². The molecule has 0 aliphatic carbocycles. The summed E-state index contributed by atoms with van der Waals surface area (Å²) in [6.07, 6.45) is 3.17.